The summed E-state index contributed by atoms with van der Waals surface area (Å²) in [5.41, 5.74) is 1.47. The first-order valence-corrected chi connectivity index (χ1v) is 5.86. The van der Waals surface area contributed by atoms with Gasteiger partial charge in [0, 0.05) is 10.8 Å². The molecule has 0 unspecified atom stereocenters. The maximum atomic E-state index is 11.6. The molecule has 19 heavy (non-hydrogen) atoms. The number of methoxy groups -OCH3 is 3. The number of fused-ring (bicyclic) bond motifs is 1. The molecule has 0 amide bonds. The predicted molar refractivity (Wildman–Crippen MR) is 73.1 cm³/mol. The number of rotatable bonds is 3. The Hall–Kier alpha value is -2.23. The third-order valence-corrected chi connectivity index (χ3v) is 3.08. The van der Waals surface area contributed by atoms with Crippen molar-refractivity contribution < 1.29 is 19.0 Å². The van der Waals surface area contributed by atoms with Gasteiger partial charge in [-0.2, -0.15) is 0 Å². The molecule has 100 valence electrons. The second kappa shape index (κ2) is 5.18. The molecule has 0 heterocycles. The van der Waals surface area contributed by atoms with Crippen molar-refractivity contribution in [3.8, 4) is 11.5 Å². The van der Waals surface area contributed by atoms with E-state index in [9.17, 15) is 4.79 Å². The maximum Gasteiger partial charge on any atom is 0.337 e. The van der Waals surface area contributed by atoms with Gasteiger partial charge in [-0.15, -0.1) is 0 Å². The zero-order chi connectivity index (χ0) is 14.0. The van der Waals surface area contributed by atoms with Crippen LogP contribution in [0.1, 0.15) is 15.9 Å². The zero-order valence-corrected chi connectivity index (χ0v) is 11.4. The molecule has 2 rings (SSSR count). The smallest absolute Gasteiger partial charge is 0.337 e. The van der Waals surface area contributed by atoms with Gasteiger partial charge in [0.25, 0.3) is 0 Å². The molecule has 2 aromatic carbocycles. The summed E-state index contributed by atoms with van der Waals surface area (Å²) in [7, 11) is 4.59. The highest BCUT2D eigenvalue weighted by molar-refractivity contribution is 6.00. The highest BCUT2D eigenvalue weighted by Gasteiger charge is 2.14. The van der Waals surface area contributed by atoms with Gasteiger partial charge in [0.05, 0.1) is 26.9 Å². The van der Waals surface area contributed by atoms with Crippen molar-refractivity contribution in [1.29, 1.82) is 0 Å². The number of aryl methyl sites for hydroxylation is 1. The molecular formula is C15H16O4. The van der Waals surface area contributed by atoms with Crippen LogP contribution in [0.4, 0.5) is 0 Å². The Morgan fingerprint density at radius 3 is 2.32 bits per heavy atom. The Labute approximate surface area is 111 Å². The molecule has 0 aliphatic carbocycles. The van der Waals surface area contributed by atoms with Gasteiger partial charge in [-0.05, 0) is 36.8 Å². The summed E-state index contributed by atoms with van der Waals surface area (Å²) in [6, 6.07) is 7.20. The van der Waals surface area contributed by atoms with Gasteiger partial charge in [0.15, 0.2) is 0 Å². The standard InChI is InChI=1S/C15H16O4/c1-9-7-13(17-2)12-8-10(15(16)19-4)5-6-11(12)14(9)18-3/h5-8H,1-4H3. The lowest BCUT2D eigenvalue weighted by Gasteiger charge is -2.13. The van der Waals surface area contributed by atoms with Crippen LogP contribution < -0.4 is 9.47 Å². The number of ether oxygens (including phenoxy) is 3. The topological polar surface area (TPSA) is 44.8 Å². The van der Waals surface area contributed by atoms with Crippen molar-refractivity contribution >= 4 is 16.7 Å². The third kappa shape index (κ3) is 2.21. The minimum absolute atomic E-state index is 0.372. The molecule has 0 atom stereocenters. The summed E-state index contributed by atoms with van der Waals surface area (Å²) in [5.74, 6) is 1.12. The number of esters is 1. The lowest BCUT2D eigenvalue weighted by molar-refractivity contribution is 0.0601. The molecule has 0 N–H and O–H groups in total. The summed E-state index contributed by atoms with van der Waals surface area (Å²) >= 11 is 0. The first-order chi connectivity index (χ1) is 9.12. The average molecular weight is 260 g/mol. The average Bonchev–Trinajstić information content (AvgIpc) is 2.45. The van der Waals surface area contributed by atoms with E-state index >= 15 is 0 Å². The van der Waals surface area contributed by atoms with Gasteiger partial charge in [-0.25, -0.2) is 4.79 Å². The minimum Gasteiger partial charge on any atom is -0.496 e. The Kier molecular flexibility index (Phi) is 3.60. The van der Waals surface area contributed by atoms with Crippen LogP contribution in [-0.2, 0) is 4.74 Å². The van der Waals surface area contributed by atoms with E-state index in [1.165, 1.54) is 7.11 Å². The maximum absolute atomic E-state index is 11.6. The summed E-state index contributed by atoms with van der Waals surface area (Å²) in [5, 5.41) is 1.74. The molecule has 0 radical (unpaired) electrons. The van der Waals surface area contributed by atoms with Crippen LogP contribution in [0.2, 0.25) is 0 Å². The molecule has 2 aromatic rings. The van der Waals surface area contributed by atoms with E-state index in [1.807, 2.05) is 19.1 Å². The quantitative estimate of drug-likeness (QED) is 0.796. The lowest BCUT2D eigenvalue weighted by atomic mass is 10.0. The number of carbonyl (C=O) groups excluding carboxylic acids is 1. The highest BCUT2D eigenvalue weighted by Crippen LogP contribution is 2.36. The monoisotopic (exact) mass is 260 g/mol. The van der Waals surface area contributed by atoms with Crippen LogP contribution in [0.25, 0.3) is 10.8 Å². The van der Waals surface area contributed by atoms with E-state index < -0.39 is 0 Å². The number of benzene rings is 2. The summed E-state index contributed by atoms with van der Waals surface area (Å²) in [6.45, 7) is 1.95. The van der Waals surface area contributed by atoms with Crippen LogP contribution in [0.15, 0.2) is 24.3 Å². The van der Waals surface area contributed by atoms with Crippen molar-refractivity contribution in [2.75, 3.05) is 21.3 Å². The fourth-order valence-corrected chi connectivity index (χ4v) is 2.18. The van der Waals surface area contributed by atoms with E-state index in [-0.39, 0.29) is 5.97 Å². The lowest BCUT2D eigenvalue weighted by Crippen LogP contribution is -2.01. The molecule has 0 aromatic heterocycles. The van der Waals surface area contributed by atoms with Crippen molar-refractivity contribution in [3.05, 3.63) is 35.4 Å². The van der Waals surface area contributed by atoms with Gasteiger partial charge in [-0.1, -0.05) is 0 Å². The zero-order valence-electron chi connectivity index (χ0n) is 11.4. The van der Waals surface area contributed by atoms with Crippen LogP contribution in [0.3, 0.4) is 0 Å². The van der Waals surface area contributed by atoms with Crippen LogP contribution >= 0.6 is 0 Å². The van der Waals surface area contributed by atoms with Gasteiger partial charge in [0.1, 0.15) is 11.5 Å². The largest absolute Gasteiger partial charge is 0.496 e. The van der Waals surface area contributed by atoms with Crippen LogP contribution in [-0.4, -0.2) is 27.3 Å². The molecule has 0 aliphatic rings. The van der Waals surface area contributed by atoms with Gasteiger partial charge in [0.2, 0.25) is 0 Å². The summed E-state index contributed by atoms with van der Waals surface area (Å²) in [6.07, 6.45) is 0. The first-order valence-electron chi connectivity index (χ1n) is 5.86. The number of hydrogen-bond acceptors (Lipinski definition) is 4. The molecule has 0 fully saturated rings. The molecule has 0 saturated heterocycles. The van der Waals surface area contributed by atoms with Crippen molar-refractivity contribution in [1.82, 2.24) is 0 Å². The molecule has 0 bridgehead atoms. The fourth-order valence-electron chi connectivity index (χ4n) is 2.18. The Bertz CT molecular complexity index is 632. The first kappa shape index (κ1) is 13.2. The molecule has 0 spiro atoms. The second-order valence-electron chi connectivity index (χ2n) is 4.18. The Morgan fingerprint density at radius 1 is 1.00 bits per heavy atom. The highest BCUT2D eigenvalue weighted by atomic mass is 16.5. The molecule has 0 saturated carbocycles. The van der Waals surface area contributed by atoms with E-state index in [0.717, 1.165) is 22.1 Å². The van der Waals surface area contributed by atoms with Crippen molar-refractivity contribution in [2.45, 2.75) is 6.92 Å². The van der Waals surface area contributed by atoms with Crippen molar-refractivity contribution in [2.24, 2.45) is 0 Å². The second-order valence-corrected chi connectivity index (χ2v) is 4.18. The van der Waals surface area contributed by atoms with Gasteiger partial charge in [-0.3, -0.25) is 0 Å². The summed E-state index contributed by atoms with van der Waals surface area (Å²) < 4.78 is 15.5. The third-order valence-electron chi connectivity index (χ3n) is 3.08. The number of carbonyl (C=O) groups is 1. The van der Waals surface area contributed by atoms with Gasteiger partial charge >= 0.3 is 5.97 Å². The summed E-state index contributed by atoms with van der Waals surface area (Å²) in [4.78, 5) is 11.6. The van der Waals surface area contributed by atoms with Gasteiger partial charge < -0.3 is 14.2 Å². The predicted octanol–water partition coefficient (Wildman–Crippen LogP) is 2.95. The van der Waals surface area contributed by atoms with Crippen LogP contribution in [0, 0.1) is 6.92 Å². The van der Waals surface area contributed by atoms with Crippen molar-refractivity contribution in [3.63, 3.8) is 0 Å². The van der Waals surface area contributed by atoms with E-state index in [0.29, 0.717) is 11.3 Å². The molecule has 0 aliphatic heterocycles. The molecule has 4 nitrogen and oxygen atoms in total. The normalized spacial score (nSPS) is 10.3. The minimum atomic E-state index is -0.372. The number of hydrogen-bond donors (Lipinski definition) is 0. The van der Waals surface area contributed by atoms with E-state index in [2.05, 4.69) is 0 Å². The fraction of sp³-hybridized carbons (Fsp3) is 0.267. The van der Waals surface area contributed by atoms with E-state index in [4.69, 9.17) is 14.2 Å². The Morgan fingerprint density at radius 2 is 1.74 bits per heavy atom. The van der Waals surface area contributed by atoms with E-state index in [1.54, 1.807) is 26.4 Å². The SMILES string of the molecule is COC(=O)c1ccc2c(OC)c(C)cc(OC)c2c1. The Balaban J connectivity index is 2.77. The molecular weight excluding hydrogens is 244 g/mol. The molecule has 4 heteroatoms. The van der Waals surface area contributed by atoms with Crippen LogP contribution in [0.5, 0.6) is 11.5 Å².